The summed E-state index contributed by atoms with van der Waals surface area (Å²) in [5.74, 6) is 1.60. The summed E-state index contributed by atoms with van der Waals surface area (Å²) in [6, 6.07) is 1.90. The predicted octanol–water partition coefficient (Wildman–Crippen LogP) is 1.02. The molecule has 0 radical (unpaired) electrons. The van der Waals surface area contributed by atoms with E-state index in [1.54, 1.807) is 13.4 Å². The first kappa shape index (κ1) is 12.1. The molecule has 0 N–H and O–H groups in total. The quantitative estimate of drug-likeness (QED) is 0.780. The van der Waals surface area contributed by atoms with Gasteiger partial charge in [0.25, 0.3) is 0 Å². The van der Waals surface area contributed by atoms with Gasteiger partial charge < -0.3 is 9.64 Å². The summed E-state index contributed by atoms with van der Waals surface area (Å²) in [6.07, 6.45) is 2.79. The molecule has 1 aromatic rings. The van der Waals surface area contributed by atoms with Crippen molar-refractivity contribution in [3.05, 3.63) is 12.4 Å². The average molecular weight is 236 g/mol. The molecule has 0 amide bonds. The number of rotatable bonds is 4. The van der Waals surface area contributed by atoms with Gasteiger partial charge in [-0.25, -0.2) is 9.97 Å². The van der Waals surface area contributed by atoms with Gasteiger partial charge in [0, 0.05) is 32.2 Å². The van der Waals surface area contributed by atoms with Crippen molar-refractivity contribution in [2.45, 2.75) is 13.3 Å². The summed E-state index contributed by atoms with van der Waals surface area (Å²) in [5.41, 5.74) is 0. The van der Waals surface area contributed by atoms with E-state index in [1.165, 1.54) is 13.0 Å². The van der Waals surface area contributed by atoms with Gasteiger partial charge in [-0.3, -0.25) is 4.90 Å². The van der Waals surface area contributed by atoms with Crippen molar-refractivity contribution in [3.63, 3.8) is 0 Å². The lowest BCUT2D eigenvalue weighted by molar-refractivity contribution is 0.258. The predicted molar refractivity (Wildman–Crippen MR) is 67.5 cm³/mol. The van der Waals surface area contributed by atoms with Crippen LogP contribution in [0, 0.1) is 0 Å². The van der Waals surface area contributed by atoms with E-state index in [-0.39, 0.29) is 0 Å². The van der Waals surface area contributed by atoms with Crippen LogP contribution in [0.1, 0.15) is 13.3 Å². The third-order valence-corrected chi connectivity index (χ3v) is 3.07. The standard InChI is InChI=1S/C12H20N4O/c1-3-4-15-5-7-16(8-6-15)11-9-12(17-2)14-10-13-11/h9-10H,3-8H2,1-2H3. The van der Waals surface area contributed by atoms with Crippen LogP contribution >= 0.6 is 0 Å². The molecule has 0 aromatic carbocycles. The van der Waals surface area contributed by atoms with Gasteiger partial charge in [-0.1, -0.05) is 6.92 Å². The topological polar surface area (TPSA) is 41.5 Å². The summed E-state index contributed by atoms with van der Waals surface area (Å²) in [7, 11) is 1.63. The highest BCUT2D eigenvalue weighted by Gasteiger charge is 2.17. The highest BCUT2D eigenvalue weighted by Crippen LogP contribution is 2.17. The first-order chi connectivity index (χ1) is 8.33. The Bertz CT molecular complexity index is 350. The van der Waals surface area contributed by atoms with E-state index in [0.29, 0.717) is 5.88 Å². The third kappa shape index (κ3) is 3.06. The summed E-state index contributed by atoms with van der Waals surface area (Å²) in [4.78, 5) is 13.1. The van der Waals surface area contributed by atoms with Crippen molar-refractivity contribution in [2.75, 3.05) is 44.7 Å². The van der Waals surface area contributed by atoms with Gasteiger partial charge >= 0.3 is 0 Å². The summed E-state index contributed by atoms with van der Waals surface area (Å²) < 4.78 is 5.12. The lowest BCUT2D eigenvalue weighted by Gasteiger charge is -2.35. The van der Waals surface area contributed by atoms with Crippen LogP contribution in [0.15, 0.2) is 12.4 Å². The Hall–Kier alpha value is -1.36. The smallest absolute Gasteiger partial charge is 0.218 e. The van der Waals surface area contributed by atoms with Crippen LogP contribution in [-0.4, -0.2) is 54.7 Å². The van der Waals surface area contributed by atoms with Gasteiger partial charge in [0.2, 0.25) is 5.88 Å². The van der Waals surface area contributed by atoms with Crippen molar-refractivity contribution in [2.24, 2.45) is 0 Å². The molecule has 0 spiro atoms. The monoisotopic (exact) mass is 236 g/mol. The van der Waals surface area contributed by atoms with Crippen molar-refractivity contribution >= 4 is 5.82 Å². The van der Waals surface area contributed by atoms with Gasteiger partial charge in [-0.2, -0.15) is 0 Å². The molecule has 94 valence electrons. The van der Waals surface area contributed by atoms with Crippen molar-refractivity contribution < 1.29 is 4.74 Å². The van der Waals surface area contributed by atoms with E-state index in [9.17, 15) is 0 Å². The molecule has 2 rings (SSSR count). The lowest BCUT2D eigenvalue weighted by Crippen LogP contribution is -2.46. The van der Waals surface area contributed by atoms with Gasteiger partial charge in [0.05, 0.1) is 7.11 Å². The fourth-order valence-corrected chi connectivity index (χ4v) is 2.13. The molecule has 17 heavy (non-hydrogen) atoms. The number of anilines is 1. The van der Waals surface area contributed by atoms with Gasteiger partial charge in [0.1, 0.15) is 12.1 Å². The number of piperazine rings is 1. The highest BCUT2D eigenvalue weighted by molar-refractivity contribution is 5.41. The van der Waals surface area contributed by atoms with Crippen LogP contribution in [-0.2, 0) is 0 Å². The minimum absolute atomic E-state index is 0.631. The minimum Gasteiger partial charge on any atom is -0.481 e. The van der Waals surface area contributed by atoms with Gasteiger partial charge in [-0.15, -0.1) is 0 Å². The zero-order valence-corrected chi connectivity index (χ0v) is 10.6. The molecule has 2 heterocycles. The number of methoxy groups -OCH3 is 1. The maximum Gasteiger partial charge on any atom is 0.218 e. The molecule has 1 aliphatic rings. The Labute approximate surface area is 102 Å². The Kier molecular flexibility index (Phi) is 4.14. The zero-order valence-electron chi connectivity index (χ0n) is 10.6. The average Bonchev–Trinajstić information content (AvgIpc) is 2.40. The minimum atomic E-state index is 0.631. The first-order valence-electron chi connectivity index (χ1n) is 6.17. The molecule has 0 saturated carbocycles. The number of ether oxygens (including phenoxy) is 1. The van der Waals surface area contributed by atoms with Crippen LogP contribution in [0.5, 0.6) is 5.88 Å². The van der Waals surface area contributed by atoms with Gasteiger partial charge in [0.15, 0.2) is 0 Å². The highest BCUT2D eigenvalue weighted by atomic mass is 16.5. The van der Waals surface area contributed by atoms with E-state index in [2.05, 4.69) is 26.7 Å². The summed E-state index contributed by atoms with van der Waals surface area (Å²) >= 11 is 0. The molecule has 5 nitrogen and oxygen atoms in total. The molecule has 0 aliphatic carbocycles. The zero-order chi connectivity index (χ0) is 12.1. The molecule has 1 aliphatic heterocycles. The summed E-state index contributed by atoms with van der Waals surface area (Å²) in [6.45, 7) is 7.70. The van der Waals surface area contributed by atoms with Crippen molar-refractivity contribution in [1.29, 1.82) is 0 Å². The molecule has 0 unspecified atom stereocenters. The Balaban J connectivity index is 1.95. The summed E-state index contributed by atoms with van der Waals surface area (Å²) in [5, 5.41) is 0. The molecule has 5 heteroatoms. The van der Waals surface area contributed by atoms with Crippen LogP contribution < -0.4 is 9.64 Å². The SMILES string of the molecule is CCCN1CCN(c2cc(OC)ncn2)CC1. The molecular weight excluding hydrogens is 216 g/mol. The number of hydrogen-bond acceptors (Lipinski definition) is 5. The molecule has 1 aromatic heterocycles. The van der Waals surface area contributed by atoms with Crippen LogP contribution in [0.2, 0.25) is 0 Å². The number of hydrogen-bond donors (Lipinski definition) is 0. The van der Waals surface area contributed by atoms with E-state index in [0.717, 1.165) is 32.0 Å². The largest absolute Gasteiger partial charge is 0.481 e. The molecule has 0 bridgehead atoms. The Morgan fingerprint density at radius 1 is 1.24 bits per heavy atom. The normalized spacial score (nSPS) is 17.2. The number of aromatic nitrogens is 2. The van der Waals surface area contributed by atoms with Crippen molar-refractivity contribution in [1.82, 2.24) is 14.9 Å². The van der Waals surface area contributed by atoms with Crippen LogP contribution in [0.25, 0.3) is 0 Å². The first-order valence-corrected chi connectivity index (χ1v) is 6.17. The molecule has 0 atom stereocenters. The maximum absolute atomic E-state index is 5.12. The van der Waals surface area contributed by atoms with E-state index >= 15 is 0 Å². The maximum atomic E-state index is 5.12. The second kappa shape index (κ2) is 5.82. The van der Waals surface area contributed by atoms with Crippen LogP contribution in [0.4, 0.5) is 5.82 Å². The van der Waals surface area contributed by atoms with Crippen LogP contribution in [0.3, 0.4) is 0 Å². The number of nitrogens with zero attached hydrogens (tertiary/aromatic N) is 4. The van der Waals surface area contributed by atoms with E-state index in [4.69, 9.17) is 4.74 Å². The Morgan fingerprint density at radius 3 is 2.65 bits per heavy atom. The fourth-order valence-electron chi connectivity index (χ4n) is 2.13. The van der Waals surface area contributed by atoms with E-state index in [1.807, 2.05) is 6.07 Å². The molecule has 1 fully saturated rings. The fraction of sp³-hybridized carbons (Fsp3) is 0.667. The third-order valence-electron chi connectivity index (χ3n) is 3.07. The second-order valence-corrected chi connectivity index (χ2v) is 4.25. The van der Waals surface area contributed by atoms with Gasteiger partial charge in [-0.05, 0) is 13.0 Å². The van der Waals surface area contributed by atoms with E-state index < -0.39 is 0 Å². The second-order valence-electron chi connectivity index (χ2n) is 4.25. The molecular formula is C12H20N4O. The lowest BCUT2D eigenvalue weighted by atomic mass is 10.3. The molecule has 1 saturated heterocycles. The van der Waals surface area contributed by atoms with Crippen molar-refractivity contribution in [3.8, 4) is 5.88 Å². The Morgan fingerprint density at radius 2 is 2.00 bits per heavy atom.